The van der Waals surface area contributed by atoms with Crippen molar-refractivity contribution in [1.29, 1.82) is 0 Å². The van der Waals surface area contributed by atoms with Gasteiger partial charge in [-0.15, -0.1) is 0 Å². The molecular weight excluding hydrogens is 308 g/mol. The van der Waals surface area contributed by atoms with Crippen molar-refractivity contribution in [2.45, 2.75) is 33.7 Å². The minimum atomic E-state index is -0.0402. The molecule has 2 aromatic rings. The maximum Gasteiger partial charge on any atom is 0.289 e. The molecule has 0 bridgehead atoms. The Morgan fingerprint density at radius 2 is 2.00 bits per heavy atom. The molecule has 130 valence electrons. The van der Waals surface area contributed by atoms with Crippen LogP contribution in [0.25, 0.3) is 0 Å². The molecule has 0 atom stereocenters. The van der Waals surface area contributed by atoms with E-state index in [9.17, 15) is 4.79 Å². The van der Waals surface area contributed by atoms with Crippen LogP contribution in [0.3, 0.4) is 0 Å². The number of amides is 1. The number of nitrogens with zero attached hydrogens (tertiary/aromatic N) is 4. The lowest BCUT2D eigenvalue weighted by Gasteiger charge is -2.33. The van der Waals surface area contributed by atoms with Gasteiger partial charge < -0.3 is 13.8 Å². The van der Waals surface area contributed by atoms with Crippen molar-refractivity contribution in [3.63, 3.8) is 0 Å². The van der Waals surface area contributed by atoms with Crippen LogP contribution in [0.1, 0.15) is 41.9 Å². The topological polar surface area (TPSA) is 75.6 Å². The second kappa shape index (κ2) is 7.17. The molecule has 7 nitrogen and oxygen atoms in total. The van der Waals surface area contributed by atoms with Crippen LogP contribution in [0.2, 0.25) is 0 Å². The van der Waals surface area contributed by atoms with Gasteiger partial charge in [-0.05, 0) is 25.0 Å². The third-order valence-electron chi connectivity index (χ3n) is 4.07. The smallest absolute Gasteiger partial charge is 0.289 e. The summed E-state index contributed by atoms with van der Waals surface area (Å²) >= 11 is 0. The molecule has 0 aromatic carbocycles. The van der Waals surface area contributed by atoms with E-state index in [1.165, 1.54) is 0 Å². The van der Waals surface area contributed by atoms with Crippen LogP contribution in [-0.4, -0.2) is 52.0 Å². The standard InChI is InChI=1S/C17H24N4O3/c1-12(2)10-16-18-15(19-24-16)11-20-6-8-21(9-7-20)17(22)14-5-4-13(3)23-14/h4-5,12H,6-11H2,1-3H3. The number of hydrogen-bond donors (Lipinski definition) is 0. The molecule has 3 heterocycles. The van der Waals surface area contributed by atoms with Crippen molar-refractivity contribution < 1.29 is 13.7 Å². The average molecular weight is 332 g/mol. The van der Waals surface area contributed by atoms with Gasteiger partial charge in [-0.2, -0.15) is 4.98 Å². The molecule has 2 aromatic heterocycles. The molecule has 3 rings (SSSR count). The lowest BCUT2D eigenvalue weighted by Crippen LogP contribution is -2.48. The molecule has 0 saturated carbocycles. The van der Waals surface area contributed by atoms with Gasteiger partial charge in [0.1, 0.15) is 5.76 Å². The van der Waals surface area contributed by atoms with Gasteiger partial charge in [-0.3, -0.25) is 9.69 Å². The molecule has 0 unspecified atom stereocenters. The van der Waals surface area contributed by atoms with Crippen molar-refractivity contribution in [3.05, 3.63) is 35.4 Å². The van der Waals surface area contributed by atoms with Crippen molar-refractivity contribution in [2.75, 3.05) is 26.2 Å². The Kier molecular flexibility index (Phi) is 4.99. The van der Waals surface area contributed by atoms with E-state index < -0.39 is 0 Å². The van der Waals surface area contributed by atoms with Gasteiger partial charge in [-0.25, -0.2) is 0 Å². The number of aromatic nitrogens is 2. The van der Waals surface area contributed by atoms with Crippen LogP contribution < -0.4 is 0 Å². The minimum absolute atomic E-state index is 0.0402. The summed E-state index contributed by atoms with van der Waals surface area (Å²) in [5.41, 5.74) is 0. The zero-order valence-electron chi connectivity index (χ0n) is 14.5. The molecule has 1 amide bonds. The SMILES string of the molecule is Cc1ccc(C(=O)N2CCN(Cc3noc(CC(C)C)n3)CC2)o1. The molecule has 1 aliphatic rings. The monoisotopic (exact) mass is 332 g/mol. The Bertz CT molecular complexity index is 684. The molecule has 0 radical (unpaired) electrons. The largest absolute Gasteiger partial charge is 0.456 e. The van der Waals surface area contributed by atoms with E-state index in [1.54, 1.807) is 6.07 Å². The summed E-state index contributed by atoms with van der Waals surface area (Å²) in [5, 5.41) is 4.04. The average Bonchev–Trinajstić information content (AvgIpc) is 3.16. The molecule has 1 saturated heterocycles. The molecule has 24 heavy (non-hydrogen) atoms. The zero-order chi connectivity index (χ0) is 17.1. The fourth-order valence-electron chi connectivity index (χ4n) is 2.80. The summed E-state index contributed by atoms with van der Waals surface area (Å²) in [4.78, 5) is 20.9. The van der Waals surface area contributed by atoms with Crippen LogP contribution in [-0.2, 0) is 13.0 Å². The molecule has 0 aliphatic carbocycles. The molecule has 1 aliphatic heterocycles. The predicted molar refractivity (Wildman–Crippen MR) is 87.5 cm³/mol. The van der Waals surface area contributed by atoms with E-state index in [0.717, 1.165) is 25.3 Å². The number of hydrogen-bond acceptors (Lipinski definition) is 6. The third-order valence-corrected chi connectivity index (χ3v) is 4.07. The van der Waals surface area contributed by atoms with Crippen LogP contribution >= 0.6 is 0 Å². The summed E-state index contributed by atoms with van der Waals surface area (Å²) in [7, 11) is 0. The van der Waals surface area contributed by atoms with Gasteiger partial charge in [0.25, 0.3) is 5.91 Å². The Labute approximate surface area is 141 Å². The maximum atomic E-state index is 12.4. The van der Waals surface area contributed by atoms with Crippen LogP contribution in [0.4, 0.5) is 0 Å². The van der Waals surface area contributed by atoms with E-state index in [4.69, 9.17) is 8.94 Å². The van der Waals surface area contributed by atoms with E-state index >= 15 is 0 Å². The maximum absolute atomic E-state index is 12.4. The second-order valence-corrected chi connectivity index (χ2v) is 6.68. The van der Waals surface area contributed by atoms with Crippen molar-refractivity contribution in [2.24, 2.45) is 5.92 Å². The van der Waals surface area contributed by atoms with Gasteiger partial charge in [0.2, 0.25) is 5.89 Å². The fourth-order valence-corrected chi connectivity index (χ4v) is 2.80. The summed E-state index contributed by atoms with van der Waals surface area (Å²) < 4.78 is 10.7. The highest BCUT2D eigenvalue weighted by molar-refractivity contribution is 5.91. The Balaban J connectivity index is 1.50. The van der Waals surface area contributed by atoms with Crippen LogP contribution in [0.5, 0.6) is 0 Å². The summed E-state index contributed by atoms with van der Waals surface area (Å²) in [5.74, 6) is 3.04. The molecule has 7 heteroatoms. The quantitative estimate of drug-likeness (QED) is 0.835. The third kappa shape index (κ3) is 4.03. The molecule has 1 fully saturated rings. The van der Waals surface area contributed by atoms with Crippen molar-refractivity contribution in [1.82, 2.24) is 19.9 Å². The number of carbonyl (C=O) groups excluding carboxylic acids is 1. The summed E-state index contributed by atoms with van der Waals surface area (Å²) in [6.45, 7) is 9.68. The summed E-state index contributed by atoms with van der Waals surface area (Å²) in [6.07, 6.45) is 0.803. The number of carbonyl (C=O) groups is 1. The lowest BCUT2D eigenvalue weighted by molar-refractivity contribution is 0.0592. The normalized spacial score (nSPS) is 16.1. The number of piperazine rings is 1. The van der Waals surface area contributed by atoms with Gasteiger partial charge in [0.05, 0.1) is 6.54 Å². The van der Waals surface area contributed by atoms with E-state index in [0.29, 0.717) is 43.0 Å². The number of rotatable bonds is 5. The second-order valence-electron chi connectivity index (χ2n) is 6.68. The Hall–Kier alpha value is -2.15. The first-order valence-electron chi connectivity index (χ1n) is 8.41. The van der Waals surface area contributed by atoms with E-state index in [1.807, 2.05) is 17.9 Å². The van der Waals surface area contributed by atoms with Gasteiger partial charge in [0.15, 0.2) is 11.6 Å². The van der Waals surface area contributed by atoms with E-state index in [2.05, 4.69) is 28.9 Å². The van der Waals surface area contributed by atoms with Crippen LogP contribution in [0.15, 0.2) is 21.1 Å². The van der Waals surface area contributed by atoms with Gasteiger partial charge in [-0.1, -0.05) is 19.0 Å². The van der Waals surface area contributed by atoms with E-state index in [-0.39, 0.29) is 5.91 Å². The number of furan rings is 1. The first kappa shape index (κ1) is 16.7. The first-order chi connectivity index (χ1) is 11.5. The van der Waals surface area contributed by atoms with Gasteiger partial charge in [0, 0.05) is 32.6 Å². The highest BCUT2D eigenvalue weighted by Crippen LogP contribution is 2.13. The predicted octanol–water partition coefficient (Wildman–Crippen LogP) is 2.13. The lowest BCUT2D eigenvalue weighted by atomic mass is 10.1. The molecule has 0 N–H and O–H groups in total. The van der Waals surface area contributed by atoms with Crippen molar-refractivity contribution >= 4 is 5.91 Å². The molecule has 0 spiro atoms. The first-order valence-corrected chi connectivity index (χ1v) is 8.41. The van der Waals surface area contributed by atoms with Gasteiger partial charge >= 0.3 is 0 Å². The Morgan fingerprint density at radius 1 is 1.25 bits per heavy atom. The Morgan fingerprint density at radius 3 is 2.62 bits per heavy atom. The van der Waals surface area contributed by atoms with Crippen molar-refractivity contribution in [3.8, 4) is 0 Å². The number of aryl methyl sites for hydroxylation is 1. The van der Waals surface area contributed by atoms with Crippen LogP contribution in [0, 0.1) is 12.8 Å². The zero-order valence-corrected chi connectivity index (χ0v) is 14.5. The highest BCUT2D eigenvalue weighted by Gasteiger charge is 2.24. The minimum Gasteiger partial charge on any atom is -0.456 e. The summed E-state index contributed by atoms with van der Waals surface area (Å²) in [6, 6.07) is 3.55. The highest BCUT2D eigenvalue weighted by atomic mass is 16.5. The fraction of sp³-hybridized carbons (Fsp3) is 0.588. The molecular formula is C17H24N4O3.